The second kappa shape index (κ2) is 9.75. The Balaban J connectivity index is 1.15. The number of para-hydroxylation sites is 3. The van der Waals surface area contributed by atoms with Crippen LogP contribution in [0.3, 0.4) is 0 Å². The Bertz CT molecular complexity index is 2490. The molecule has 4 aromatic heterocycles. The molecular weight excluding hydrogens is 538 g/mol. The van der Waals surface area contributed by atoms with Gasteiger partial charge in [0.1, 0.15) is 17.0 Å². The molecule has 0 saturated carbocycles. The third-order valence-electron chi connectivity index (χ3n) is 8.35. The molecule has 44 heavy (non-hydrogen) atoms. The molecule has 0 aliphatic carbocycles. The second-order valence-electron chi connectivity index (χ2n) is 11.0. The van der Waals surface area contributed by atoms with Crippen molar-refractivity contribution in [2.75, 3.05) is 0 Å². The number of hydrogen-bond acceptors (Lipinski definition) is 3. The molecule has 0 atom stereocenters. The van der Waals surface area contributed by atoms with Crippen LogP contribution in [0.15, 0.2) is 152 Å². The van der Waals surface area contributed by atoms with Crippen LogP contribution in [0.5, 0.6) is 0 Å². The predicted molar refractivity (Wildman–Crippen MR) is 179 cm³/mol. The molecule has 9 aromatic rings. The van der Waals surface area contributed by atoms with Crippen LogP contribution in [-0.4, -0.2) is 23.9 Å². The van der Waals surface area contributed by atoms with Gasteiger partial charge >= 0.3 is 0 Å². The van der Waals surface area contributed by atoms with Crippen molar-refractivity contribution < 1.29 is 0 Å². The standard InChI is InChI=1S/C39H25N5/c1-2-13-30(14-3-1)44-34-18-7-6-17-33(34)40-38(44)27-22-20-26(21-23-27)28-11-10-12-29(25-28)36-31-15-4-5-16-32(31)37-39(42-36)43-24-9-8-19-35(43)41-37/h1-25H. The maximum atomic E-state index is 5.20. The van der Waals surface area contributed by atoms with Crippen LogP contribution in [0.1, 0.15) is 0 Å². The molecule has 0 N–H and O–H groups in total. The van der Waals surface area contributed by atoms with Crippen LogP contribution in [0.4, 0.5) is 0 Å². The molecule has 0 saturated heterocycles. The van der Waals surface area contributed by atoms with Crippen LogP contribution in [0, 0.1) is 0 Å². The largest absolute Gasteiger partial charge is 0.292 e. The molecule has 5 nitrogen and oxygen atoms in total. The van der Waals surface area contributed by atoms with Crippen molar-refractivity contribution >= 4 is 38.6 Å². The molecule has 0 spiro atoms. The van der Waals surface area contributed by atoms with E-state index in [0.29, 0.717) is 0 Å². The highest BCUT2D eigenvalue weighted by molar-refractivity contribution is 6.09. The van der Waals surface area contributed by atoms with Gasteiger partial charge in [-0.05, 0) is 53.6 Å². The van der Waals surface area contributed by atoms with Crippen LogP contribution in [0.2, 0.25) is 0 Å². The highest BCUT2D eigenvalue weighted by atomic mass is 15.1. The summed E-state index contributed by atoms with van der Waals surface area (Å²) < 4.78 is 4.30. The van der Waals surface area contributed by atoms with E-state index in [0.717, 1.165) is 78.1 Å². The second-order valence-corrected chi connectivity index (χ2v) is 11.0. The fourth-order valence-corrected chi connectivity index (χ4v) is 6.27. The quantitative estimate of drug-likeness (QED) is 0.214. The van der Waals surface area contributed by atoms with Crippen molar-refractivity contribution in [1.82, 2.24) is 23.9 Å². The summed E-state index contributed by atoms with van der Waals surface area (Å²) in [5.41, 5.74) is 11.2. The van der Waals surface area contributed by atoms with Gasteiger partial charge in [0.2, 0.25) is 0 Å². The summed E-state index contributed by atoms with van der Waals surface area (Å²) in [5.74, 6) is 0.926. The number of pyridine rings is 2. The van der Waals surface area contributed by atoms with Crippen molar-refractivity contribution in [3.8, 4) is 39.5 Å². The average molecular weight is 564 g/mol. The smallest absolute Gasteiger partial charge is 0.165 e. The molecule has 9 rings (SSSR count). The van der Waals surface area contributed by atoms with Crippen LogP contribution >= 0.6 is 0 Å². The SMILES string of the molecule is c1ccc(-n2c(-c3ccc(-c4cccc(-c5nc6c(nc7ccccn76)c6ccccc56)c4)cc3)nc3ccccc32)cc1. The van der Waals surface area contributed by atoms with E-state index in [1.807, 2.05) is 36.5 Å². The number of hydrogen-bond donors (Lipinski definition) is 0. The molecule has 0 amide bonds. The molecule has 0 radical (unpaired) electrons. The molecule has 4 heterocycles. The fraction of sp³-hybridized carbons (Fsp3) is 0. The highest BCUT2D eigenvalue weighted by Gasteiger charge is 2.16. The minimum atomic E-state index is 0.866. The lowest BCUT2D eigenvalue weighted by Crippen LogP contribution is -1.97. The third-order valence-corrected chi connectivity index (χ3v) is 8.35. The van der Waals surface area contributed by atoms with Crippen molar-refractivity contribution in [2.24, 2.45) is 0 Å². The zero-order valence-electron chi connectivity index (χ0n) is 23.7. The van der Waals surface area contributed by atoms with Crippen LogP contribution < -0.4 is 0 Å². The van der Waals surface area contributed by atoms with Crippen molar-refractivity contribution in [1.29, 1.82) is 0 Å². The lowest BCUT2D eigenvalue weighted by molar-refractivity contribution is 1.10. The Morgan fingerprint density at radius 1 is 0.477 bits per heavy atom. The van der Waals surface area contributed by atoms with Gasteiger partial charge in [-0.1, -0.05) is 103 Å². The van der Waals surface area contributed by atoms with Gasteiger partial charge in [0.05, 0.1) is 16.7 Å². The summed E-state index contributed by atoms with van der Waals surface area (Å²) in [5, 5.41) is 2.20. The summed E-state index contributed by atoms with van der Waals surface area (Å²) >= 11 is 0. The number of fused-ring (bicyclic) bond motifs is 6. The Morgan fingerprint density at radius 2 is 1.20 bits per heavy atom. The first-order chi connectivity index (χ1) is 21.8. The zero-order valence-corrected chi connectivity index (χ0v) is 23.7. The maximum Gasteiger partial charge on any atom is 0.165 e. The Hall–Kier alpha value is -6.07. The lowest BCUT2D eigenvalue weighted by atomic mass is 9.98. The van der Waals surface area contributed by atoms with E-state index < -0.39 is 0 Å². The van der Waals surface area contributed by atoms with Gasteiger partial charge in [0, 0.05) is 33.8 Å². The van der Waals surface area contributed by atoms with E-state index in [1.165, 1.54) is 0 Å². The van der Waals surface area contributed by atoms with E-state index >= 15 is 0 Å². The third kappa shape index (κ3) is 3.83. The Morgan fingerprint density at radius 3 is 2.09 bits per heavy atom. The fourth-order valence-electron chi connectivity index (χ4n) is 6.27. The van der Waals surface area contributed by atoms with E-state index in [4.69, 9.17) is 15.0 Å². The monoisotopic (exact) mass is 563 g/mol. The zero-order chi connectivity index (χ0) is 29.0. The van der Waals surface area contributed by atoms with Gasteiger partial charge in [-0.2, -0.15) is 0 Å². The van der Waals surface area contributed by atoms with Gasteiger partial charge in [0.25, 0.3) is 0 Å². The molecule has 0 aliphatic heterocycles. The minimum Gasteiger partial charge on any atom is -0.292 e. The van der Waals surface area contributed by atoms with Crippen molar-refractivity contribution in [3.63, 3.8) is 0 Å². The molecule has 0 fully saturated rings. The number of benzene rings is 5. The normalized spacial score (nSPS) is 11.6. The van der Waals surface area contributed by atoms with E-state index in [1.54, 1.807) is 0 Å². The summed E-state index contributed by atoms with van der Waals surface area (Å²) in [6, 6.07) is 50.5. The summed E-state index contributed by atoms with van der Waals surface area (Å²) in [6.07, 6.45) is 2.03. The molecule has 5 aromatic carbocycles. The maximum absolute atomic E-state index is 5.20. The van der Waals surface area contributed by atoms with Gasteiger partial charge in [-0.15, -0.1) is 0 Å². The van der Waals surface area contributed by atoms with Gasteiger partial charge < -0.3 is 0 Å². The summed E-state index contributed by atoms with van der Waals surface area (Å²) in [6.45, 7) is 0. The first kappa shape index (κ1) is 24.5. The molecule has 0 bridgehead atoms. The molecule has 206 valence electrons. The molecule has 5 heteroatoms. The lowest BCUT2D eigenvalue weighted by Gasteiger charge is -2.11. The number of rotatable bonds is 4. The van der Waals surface area contributed by atoms with E-state index in [-0.39, 0.29) is 0 Å². The number of imidazole rings is 2. The highest BCUT2D eigenvalue weighted by Crippen LogP contribution is 2.35. The number of aromatic nitrogens is 5. The molecule has 0 aliphatic rings. The summed E-state index contributed by atoms with van der Waals surface area (Å²) in [4.78, 5) is 15.1. The topological polar surface area (TPSA) is 48.0 Å². The molecule has 0 unspecified atom stereocenters. The van der Waals surface area contributed by atoms with E-state index in [2.05, 4.69) is 124 Å². The van der Waals surface area contributed by atoms with Gasteiger partial charge in [-0.25, -0.2) is 15.0 Å². The van der Waals surface area contributed by atoms with E-state index in [9.17, 15) is 0 Å². The predicted octanol–water partition coefficient (Wildman–Crippen LogP) is 9.38. The number of nitrogens with zero attached hydrogens (tertiary/aromatic N) is 5. The van der Waals surface area contributed by atoms with Crippen molar-refractivity contribution in [2.45, 2.75) is 0 Å². The minimum absolute atomic E-state index is 0.866. The van der Waals surface area contributed by atoms with Gasteiger partial charge in [0.15, 0.2) is 5.65 Å². The average Bonchev–Trinajstić information content (AvgIpc) is 3.68. The first-order valence-electron chi connectivity index (χ1n) is 14.7. The first-order valence-corrected chi connectivity index (χ1v) is 14.7. The van der Waals surface area contributed by atoms with Gasteiger partial charge in [-0.3, -0.25) is 8.97 Å². The van der Waals surface area contributed by atoms with Crippen molar-refractivity contribution in [3.05, 3.63) is 152 Å². The summed E-state index contributed by atoms with van der Waals surface area (Å²) in [7, 11) is 0. The Labute approximate surface area is 253 Å². The Kier molecular flexibility index (Phi) is 5.43. The van der Waals surface area contributed by atoms with Crippen LogP contribution in [-0.2, 0) is 0 Å². The molecular formula is C39H25N5. The van der Waals surface area contributed by atoms with Crippen LogP contribution in [0.25, 0.3) is 78.1 Å².